The second-order valence-electron chi connectivity index (χ2n) is 6.82. The molecule has 0 radical (unpaired) electrons. The molecule has 9 heteroatoms. The second-order valence-corrected chi connectivity index (χ2v) is 9.97. The van der Waals surface area contributed by atoms with Gasteiger partial charge in [-0.15, -0.1) is 17.9 Å². The summed E-state index contributed by atoms with van der Waals surface area (Å²) in [5.74, 6) is -0.383. The molecular formula is C23H24ClN3O3S2. The first-order chi connectivity index (χ1) is 15.3. The minimum atomic E-state index is -3.82. The number of hydrogen-bond acceptors (Lipinski definition) is 5. The smallest absolute Gasteiger partial charge is 0.260 e. The molecule has 3 rings (SSSR count). The number of aromatic nitrogens is 1. The van der Waals surface area contributed by atoms with Gasteiger partial charge in [0.1, 0.15) is 4.90 Å². The summed E-state index contributed by atoms with van der Waals surface area (Å²) in [6.45, 7) is 8.08. The van der Waals surface area contributed by atoms with Gasteiger partial charge in [0.15, 0.2) is 5.13 Å². The molecule has 0 N–H and O–H groups in total. The van der Waals surface area contributed by atoms with E-state index < -0.39 is 10.0 Å². The fraction of sp³-hybridized carbons (Fsp3) is 0.217. The Labute approximate surface area is 197 Å². The number of benzene rings is 2. The average Bonchev–Trinajstić information content (AvgIpc) is 3.28. The highest BCUT2D eigenvalue weighted by Crippen LogP contribution is 2.30. The Morgan fingerprint density at radius 2 is 1.84 bits per heavy atom. The predicted molar refractivity (Wildman–Crippen MR) is 131 cm³/mol. The zero-order chi connectivity index (χ0) is 23.3. The molecular weight excluding hydrogens is 466 g/mol. The van der Waals surface area contributed by atoms with Crippen LogP contribution in [0, 0.1) is 0 Å². The Hall–Kier alpha value is -2.52. The van der Waals surface area contributed by atoms with Gasteiger partial charge < -0.3 is 0 Å². The minimum absolute atomic E-state index is 0.0735. The molecule has 0 spiro atoms. The number of sulfonamides is 1. The third kappa shape index (κ3) is 4.94. The Bertz CT molecular complexity index is 1210. The molecule has 1 heterocycles. The van der Waals surface area contributed by atoms with E-state index in [0.29, 0.717) is 18.2 Å². The molecule has 0 aliphatic heterocycles. The van der Waals surface area contributed by atoms with Gasteiger partial charge in [-0.3, -0.25) is 9.69 Å². The van der Waals surface area contributed by atoms with Crippen molar-refractivity contribution < 1.29 is 13.2 Å². The summed E-state index contributed by atoms with van der Waals surface area (Å²) in [4.78, 5) is 19.4. The first-order valence-electron chi connectivity index (χ1n) is 10.1. The van der Waals surface area contributed by atoms with Gasteiger partial charge in [0.25, 0.3) is 5.91 Å². The van der Waals surface area contributed by atoms with Crippen molar-refractivity contribution in [1.29, 1.82) is 0 Å². The lowest BCUT2D eigenvalue weighted by Crippen LogP contribution is -2.32. The van der Waals surface area contributed by atoms with E-state index in [1.807, 2.05) is 35.7 Å². The van der Waals surface area contributed by atoms with Crippen molar-refractivity contribution in [2.24, 2.45) is 0 Å². The third-order valence-electron chi connectivity index (χ3n) is 4.85. The lowest BCUT2D eigenvalue weighted by atomic mass is 10.2. The van der Waals surface area contributed by atoms with E-state index in [4.69, 9.17) is 11.6 Å². The average molecular weight is 490 g/mol. The first-order valence-corrected chi connectivity index (χ1v) is 12.8. The zero-order valence-corrected chi connectivity index (χ0v) is 20.3. The van der Waals surface area contributed by atoms with E-state index in [1.54, 1.807) is 19.9 Å². The van der Waals surface area contributed by atoms with Crippen LogP contribution in [0.2, 0.25) is 5.02 Å². The van der Waals surface area contributed by atoms with Crippen molar-refractivity contribution in [2.75, 3.05) is 24.5 Å². The van der Waals surface area contributed by atoms with Crippen LogP contribution in [0.5, 0.6) is 0 Å². The largest absolute Gasteiger partial charge is 0.280 e. The molecule has 0 aliphatic rings. The van der Waals surface area contributed by atoms with E-state index in [0.717, 1.165) is 11.3 Å². The van der Waals surface area contributed by atoms with Gasteiger partial charge in [-0.25, -0.2) is 13.4 Å². The summed E-state index contributed by atoms with van der Waals surface area (Å²) >= 11 is 7.55. The van der Waals surface area contributed by atoms with Crippen molar-refractivity contribution in [3.8, 4) is 11.3 Å². The van der Waals surface area contributed by atoms with Crippen molar-refractivity contribution >= 4 is 44.0 Å². The predicted octanol–water partition coefficient (Wildman–Crippen LogP) is 5.33. The van der Waals surface area contributed by atoms with Crippen molar-refractivity contribution in [2.45, 2.75) is 18.7 Å². The summed E-state index contributed by atoms with van der Waals surface area (Å²) in [6.07, 6.45) is 1.60. The maximum atomic E-state index is 13.4. The molecule has 3 aromatic rings. The van der Waals surface area contributed by atoms with Gasteiger partial charge in [-0.05, 0) is 18.2 Å². The summed E-state index contributed by atoms with van der Waals surface area (Å²) < 4.78 is 27.3. The number of halogens is 1. The highest BCUT2D eigenvalue weighted by Gasteiger charge is 2.27. The minimum Gasteiger partial charge on any atom is -0.280 e. The summed E-state index contributed by atoms with van der Waals surface area (Å²) in [7, 11) is -3.82. The number of thiazole rings is 1. The number of hydrogen-bond donors (Lipinski definition) is 0. The van der Waals surface area contributed by atoms with Crippen LogP contribution in [0.25, 0.3) is 11.3 Å². The molecule has 1 amide bonds. The van der Waals surface area contributed by atoms with Crippen LogP contribution < -0.4 is 4.90 Å². The number of carbonyl (C=O) groups is 1. The topological polar surface area (TPSA) is 70.6 Å². The maximum Gasteiger partial charge on any atom is 0.260 e. The first kappa shape index (κ1) is 24.1. The number of rotatable bonds is 9. The van der Waals surface area contributed by atoms with Crippen LogP contribution in [-0.4, -0.2) is 43.2 Å². The molecule has 168 valence electrons. The Kier molecular flexibility index (Phi) is 7.84. The third-order valence-corrected chi connectivity index (χ3v) is 8.25. The van der Waals surface area contributed by atoms with Crippen LogP contribution in [0.4, 0.5) is 5.13 Å². The molecule has 32 heavy (non-hydrogen) atoms. The van der Waals surface area contributed by atoms with Crippen molar-refractivity contribution in [1.82, 2.24) is 9.29 Å². The zero-order valence-electron chi connectivity index (χ0n) is 17.9. The Balaban J connectivity index is 1.99. The standard InChI is InChI=1S/C23H24ClN3O3S2/c1-4-14-27(23-25-20(16-31-23)17-10-8-7-9-11-17)22(28)18-12-13-19(24)21(15-18)32(29,30)26(5-2)6-3/h4,7-13,15-16H,1,5-6,14H2,2-3H3. The number of anilines is 1. The molecule has 1 aromatic heterocycles. The van der Waals surface area contributed by atoms with Gasteiger partial charge >= 0.3 is 0 Å². The van der Waals surface area contributed by atoms with E-state index in [1.165, 1.54) is 38.7 Å². The van der Waals surface area contributed by atoms with E-state index in [-0.39, 0.29) is 27.9 Å². The molecule has 0 aliphatic carbocycles. The fourth-order valence-electron chi connectivity index (χ4n) is 3.20. The van der Waals surface area contributed by atoms with Gasteiger partial charge in [-0.2, -0.15) is 4.31 Å². The van der Waals surface area contributed by atoms with Crippen LogP contribution in [-0.2, 0) is 10.0 Å². The molecule has 0 fully saturated rings. The van der Waals surface area contributed by atoms with Gasteiger partial charge in [-0.1, -0.05) is 61.9 Å². The van der Waals surface area contributed by atoms with E-state index in [9.17, 15) is 13.2 Å². The quantitative estimate of drug-likeness (QED) is 0.381. The molecule has 2 aromatic carbocycles. The number of carbonyl (C=O) groups excluding carboxylic acids is 1. The molecule has 0 saturated carbocycles. The molecule has 0 unspecified atom stereocenters. The second kappa shape index (κ2) is 10.4. The van der Waals surface area contributed by atoms with E-state index in [2.05, 4.69) is 11.6 Å². The SMILES string of the molecule is C=CCN(C(=O)c1ccc(Cl)c(S(=O)(=O)N(CC)CC)c1)c1nc(-c2ccccc2)cs1. The maximum absolute atomic E-state index is 13.4. The molecule has 0 bridgehead atoms. The Morgan fingerprint density at radius 3 is 2.47 bits per heavy atom. The van der Waals surface area contributed by atoms with Gasteiger partial charge in [0.05, 0.1) is 10.7 Å². The summed E-state index contributed by atoms with van der Waals surface area (Å²) in [5.41, 5.74) is 1.91. The number of nitrogens with zero attached hydrogens (tertiary/aromatic N) is 3. The normalized spacial score (nSPS) is 11.5. The lowest BCUT2D eigenvalue weighted by Gasteiger charge is -2.21. The highest BCUT2D eigenvalue weighted by molar-refractivity contribution is 7.89. The lowest BCUT2D eigenvalue weighted by molar-refractivity contribution is 0.0989. The van der Waals surface area contributed by atoms with Crippen LogP contribution in [0.15, 0.2) is 71.5 Å². The molecule has 0 atom stereocenters. The highest BCUT2D eigenvalue weighted by atomic mass is 35.5. The summed E-state index contributed by atoms with van der Waals surface area (Å²) in [5, 5.41) is 2.45. The van der Waals surface area contributed by atoms with E-state index >= 15 is 0 Å². The van der Waals surface area contributed by atoms with Crippen molar-refractivity contribution in [3.63, 3.8) is 0 Å². The fourth-order valence-corrected chi connectivity index (χ4v) is 6.00. The number of amides is 1. The van der Waals surface area contributed by atoms with Crippen LogP contribution >= 0.6 is 22.9 Å². The molecule has 0 saturated heterocycles. The van der Waals surface area contributed by atoms with Crippen LogP contribution in [0.1, 0.15) is 24.2 Å². The van der Waals surface area contributed by atoms with Gasteiger partial charge in [0, 0.05) is 36.1 Å². The van der Waals surface area contributed by atoms with Crippen LogP contribution in [0.3, 0.4) is 0 Å². The summed E-state index contributed by atoms with van der Waals surface area (Å²) in [6, 6.07) is 14.0. The monoisotopic (exact) mass is 489 g/mol. The molecule has 6 nitrogen and oxygen atoms in total. The van der Waals surface area contributed by atoms with Gasteiger partial charge in [0.2, 0.25) is 10.0 Å². The van der Waals surface area contributed by atoms with Crippen molar-refractivity contribution in [3.05, 3.63) is 77.2 Å². The Morgan fingerprint density at radius 1 is 1.16 bits per heavy atom.